The van der Waals surface area contributed by atoms with E-state index >= 15 is 0 Å². The molecule has 0 bridgehead atoms. The van der Waals surface area contributed by atoms with Crippen LogP contribution in [0.4, 0.5) is 0 Å². The van der Waals surface area contributed by atoms with Crippen LogP contribution in [0.25, 0.3) is 0 Å². The summed E-state index contributed by atoms with van der Waals surface area (Å²) in [5.41, 5.74) is 2.53. The number of esters is 1. The van der Waals surface area contributed by atoms with Gasteiger partial charge in [-0.3, -0.25) is 9.88 Å². The zero-order valence-electron chi connectivity index (χ0n) is 12.4. The summed E-state index contributed by atoms with van der Waals surface area (Å²) >= 11 is 0. The number of nitrogens with zero attached hydrogens (tertiary/aromatic N) is 2. The average molecular weight is 294 g/mol. The summed E-state index contributed by atoms with van der Waals surface area (Å²) in [6.45, 7) is 2.80. The number of hydrogen-bond acceptors (Lipinski definition) is 4. The van der Waals surface area contributed by atoms with Crippen LogP contribution < -0.4 is 0 Å². The maximum atomic E-state index is 12.0. The van der Waals surface area contributed by atoms with Gasteiger partial charge in [-0.1, -0.05) is 30.3 Å². The van der Waals surface area contributed by atoms with E-state index in [-0.39, 0.29) is 5.97 Å². The van der Waals surface area contributed by atoms with Crippen molar-refractivity contribution in [3.63, 3.8) is 0 Å². The summed E-state index contributed by atoms with van der Waals surface area (Å²) in [6.07, 6.45) is 5.13. The number of carbonyl (C=O) groups excluding carboxylic acids is 1. The van der Waals surface area contributed by atoms with Crippen LogP contribution in [-0.4, -0.2) is 28.9 Å². The first-order valence-electron chi connectivity index (χ1n) is 7.71. The van der Waals surface area contributed by atoms with Crippen molar-refractivity contribution in [3.05, 3.63) is 65.5 Å². The smallest absolute Gasteiger partial charge is 0.339 e. The Labute approximate surface area is 129 Å². The minimum absolute atomic E-state index is 0.200. The van der Waals surface area contributed by atoms with Crippen LogP contribution in [0.2, 0.25) is 0 Å². The number of likely N-dealkylation sites (tertiary alicyclic amines) is 1. The molecule has 4 heteroatoms. The maximum Gasteiger partial charge on any atom is 0.339 e. The molecule has 112 valence electrons. The van der Waals surface area contributed by atoms with Gasteiger partial charge in [0.1, 0.15) is 5.60 Å². The number of fused-ring (bicyclic) bond motifs is 2. The zero-order valence-corrected chi connectivity index (χ0v) is 12.4. The van der Waals surface area contributed by atoms with Crippen LogP contribution in [0.3, 0.4) is 0 Å². The van der Waals surface area contributed by atoms with Gasteiger partial charge < -0.3 is 4.74 Å². The van der Waals surface area contributed by atoms with Gasteiger partial charge in [-0.15, -0.1) is 0 Å². The number of carbonyl (C=O) groups is 1. The standard InChI is InChI=1S/C18H18N2O2/c21-17-15-6-9-19-12-16(15)18(22-17)7-10-20(11-8-18)13-14-4-2-1-3-5-14/h1-6,9,12H,7-8,10-11,13H2. The third kappa shape index (κ3) is 2.20. The summed E-state index contributed by atoms with van der Waals surface area (Å²) in [5.74, 6) is -0.200. The lowest BCUT2D eigenvalue weighted by Crippen LogP contribution is -2.42. The van der Waals surface area contributed by atoms with Gasteiger partial charge >= 0.3 is 5.97 Å². The number of hydrogen-bond donors (Lipinski definition) is 0. The molecular weight excluding hydrogens is 276 g/mol. The van der Waals surface area contributed by atoms with Crippen molar-refractivity contribution in [1.82, 2.24) is 9.88 Å². The number of ether oxygens (including phenoxy) is 1. The summed E-state index contributed by atoms with van der Waals surface area (Å²) in [6, 6.07) is 12.3. The van der Waals surface area contributed by atoms with Crippen molar-refractivity contribution in [2.75, 3.05) is 13.1 Å². The van der Waals surface area contributed by atoms with Gasteiger partial charge in [0, 0.05) is 50.4 Å². The topological polar surface area (TPSA) is 42.4 Å². The summed E-state index contributed by atoms with van der Waals surface area (Å²) in [4.78, 5) is 18.6. The number of benzene rings is 1. The van der Waals surface area contributed by atoms with Crippen LogP contribution in [0.1, 0.15) is 34.3 Å². The summed E-state index contributed by atoms with van der Waals surface area (Å²) < 4.78 is 5.75. The second kappa shape index (κ2) is 5.21. The third-order valence-electron chi connectivity index (χ3n) is 4.73. The molecule has 1 fully saturated rings. The Balaban J connectivity index is 1.50. The molecule has 4 rings (SSSR count). The molecule has 1 saturated heterocycles. The third-order valence-corrected chi connectivity index (χ3v) is 4.73. The predicted molar refractivity (Wildman–Crippen MR) is 82.3 cm³/mol. The molecule has 0 unspecified atom stereocenters. The van der Waals surface area contributed by atoms with Crippen molar-refractivity contribution >= 4 is 5.97 Å². The summed E-state index contributed by atoms with van der Waals surface area (Å²) in [5, 5.41) is 0. The molecule has 0 amide bonds. The lowest BCUT2D eigenvalue weighted by Gasteiger charge is -2.38. The highest BCUT2D eigenvalue weighted by molar-refractivity contribution is 5.94. The maximum absolute atomic E-state index is 12.0. The lowest BCUT2D eigenvalue weighted by molar-refractivity contribution is -0.0441. The van der Waals surface area contributed by atoms with E-state index in [1.807, 2.05) is 6.07 Å². The Bertz CT molecular complexity index is 691. The van der Waals surface area contributed by atoms with Gasteiger partial charge in [-0.05, 0) is 11.6 Å². The van der Waals surface area contributed by atoms with Crippen molar-refractivity contribution in [2.24, 2.45) is 0 Å². The van der Waals surface area contributed by atoms with E-state index in [0.29, 0.717) is 5.56 Å². The molecule has 0 saturated carbocycles. The Hall–Kier alpha value is -2.20. The lowest BCUT2D eigenvalue weighted by atomic mass is 9.84. The monoisotopic (exact) mass is 294 g/mol. The fourth-order valence-corrected chi connectivity index (χ4v) is 3.51. The first-order chi connectivity index (χ1) is 10.8. The predicted octanol–water partition coefficient (Wildman–Crippen LogP) is 2.74. The SMILES string of the molecule is O=C1OC2(CCN(Cc3ccccc3)CC2)c2cnccc21. The molecule has 1 spiro atoms. The van der Waals surface area contributed by atoms with Gasteiger partial charge in [0.25, 0.3) is 0 Å². The minimum Gasteiger partial charge on any atom is -0.450 e. The molecule has 1 aromatic carbocycles. The van der Waals surface area contributed by atoms with Crippen molar-refractivity contribution in [2.45, 2.75) is 25.0 Å². The molecule has 3 heterocycles. The largest absolute Gasteiger partial charge is 0.450 e. The van der Waals surface area contributed by atoms with E-state index in [0.717, 1.165) is 38.0 Å². The minimum atomic E-state index is -0.451. The quantitative estimate of drug-likeness (QED) is 0.799. The first-order valence-corrected chi connectivity index (χ1v) is 7.71. The van der Waals surface area contributed by atoms with E-state index in [2.05, 4.69) is 34.1 Å². The Morgan fingerprint density at radius 1 is 1.14 bits per heavy atom. The van der Waals surface area contributed by atoms with E-state index < -0.39 is 5.60 Å². The van der Waals surface area contributed by atoms with E-state index in [1.165, 1.54) is 5.56 Å². The van der Waals surface area contributed by atoms with Crippen molar-refractivity contribution in [1.29, 1.82) is 0 Å². The molecule has 2 aromatic rings. The number of aromatic nitrogens is 1. The zero-order chi connectivity index (χ0) is 15.0. The van der Waals surface area contributed by atoms with Gasteiger partial charge in [0.15, 0.2) is 0 Å². The van der Waals surface area contributed by atoms with E-state index in [1.54, 1.807) is 18.5 Å². The fraction of sp³-hybridized carbons (Fsp3) is 0.333. The molecule has 2 aliphatic heterocycles. The van der Waals surface area contributed by atoms with Gasteiger partial charge in [0.2, 0.25) is 0 Å². The van der Waals surface area contributed by atoms with Crippen LogP contribution in [-0.2, 0) is 16.9 Å². The van der Waals surface area contributed by atoms with Gasteiger partial charge in [-0.25, -0.2) is 4.79 Å². The van der Waals surface area contributed by atoms with Gasteiger partial charge in [-0.2, -0.15) is 0 Å². The van der Waals surface area contributed by atoms with Crippen molar-refractivity contribution in [3.8, 4) is 0 Å². The van der Waals surface area contributed by atoms with E-state index in [4.69, 9.17) is 4.74 Å². The van der Waals surface area contributed by atoms with Crippen LogP contribution in [0.15, 0.2) is 48.8 Å². The van der Waals surface area contributed by atoms with Crippen molar-refractivity contribution < 1.29 is 9.53 Å². The Kier molecular flexibility index (Phi) is 3.19. The van der Waals surface area contributed by atoms with Crippen LogP contribution in [0.5, 0.6) is 0 Å². The van der Waals surface area contributed by atoms with Gasteiger partial charge in [0.05, 0.1) is 5.56 Å². The average Bonchev–Trinajstić information content (AvgIpc) is 2.84. The molecule has 0 N–H and O–H groups in total. The highest BCUT2D eigenvalue weighted by Crippen LogP contribution is 2.43. The molecule has 0 atom stereocenters. The number of pyridine rings is 1. The number of piperidine rings is 1. The molecule has 4 nitrogen and oxygen atoms in total. The Morgan fingerprint density at radius 3 is 2.68 bits per heavy atom. The first kappa shape index (κ1) is 13.5. The summed E-state index contributed by atoms with van der Waals surface area (Å²) in [7, 11) is 0. The molecule has 1 aromatic heterocycles. The number of rotatable bonds is 2. The molecule has 0 radical (unpaired) electrons. The van der Waals surface area contributed by atoms with Crippen LogP contribution >= 0.6 is 0 Å². The fourth-order valence-electron chi connectivity index (χ4n) is 3.51. The Morgan fingerprint density at radius 2 is 1.91 bits per heavy atom. The molecule has 2 aliphatic rings. The molecule has 22 heavy (non-hydrogen) atoms. The molecular formula is C18H18N2O2. The highest BCUT2D eigenvalue weighted by Gasteiger charge is 2.47. The normalized spacial score (nSPS) is 19.9. The second-order valence-corrected chi connectivity index (χ2v) is 6.07. The van der Waals surface area contributed by atoms with Crippen LogP contribution in [0, 0.1) is 0 Å². The highest BCUT2D eigenvalue weighted by atomic mass is 16.6. The second-order valence-electron chi connectivity index (χ2n) is 6.07. The molecule has 0 aliphatic carbocycles. The van der Waals surface area contributed by atoms with E-state index in [9.17, 15) is 4.79 Å².